The molecule has 7 heteroatoms. The first kappa shape index (κ1) is 18.6. The van der Waals surface area contributed by atoms with Gasteiger partial charge in [0.15, 0.2) is 5.96 Å². The van der Waals surface area contributed by atoms with Gasteiger partial charge in [0.1, 0.15) is 5.82 Å². The maximum atomic E-state index is 12.4. The molecule has 1 aliphatic carbocycles. The Hall–Kier alpha value is -1.79. The number of hydrogen-bond donors (Lipinski definition) is 1. The van der Waals surface area contributed by atoms with Crippen molar-refractivity contribution in [2.24, 2.45) is 10.4 Å². The summed E-state index contributed by atoms with van der Waals surface area (Å²) in [6, 6.07) is 0. The van der Waals surface area contributed by atoms with Crippen LogP contribution in [-0.2, 0) is 19.5 Å². The molecule has 0 aromatic carbocycles. The smallest absolute Gasteiger partial charge is 0.345 e. The summed E-state index contributed by atoms with van der Waals surface area (Å²) in [5, 5.41) is 7.99. The number of aliphatic imine (C=N–C) groups is 1. The molecule has 150 valence electrons. The first-order chi connectivity index (χ1) is 13.2. The molecule has 7 nitrogen and oxygen atoms in total. The second-order valence-electron chi connectivity index (χ2n) is 8.50. The summed E-state index contributed by atoms with van der Waals surface area (Å²) in [5.41, 5.74) is 0.613. The Bertz CT molecular complexity index is 727. The van der Waals surface area contributed by atoms with E-state index in [-0.39, 0.29) is 5.69 Å². The van der Waals surface area contributed by atoms with Gasteiger partial charge in [-0.25, -0.2) is 9.48 Å². The fourth-order valence-corrected chi connectivity index (χ4v) is 5.07. The molecule has 2 aliphatic heterocycles. The number of nitrogens with one attached hydrogen (secondary N) is 1. The lowest BCUT2D eigenvalue weighted by Gasteiger charge is -2.26. The van der Waals surface area contributed by atoms with Gasteiger partial charge in [-0.15, -0.1) is 0 Å². The van der Waals surface area contributed by atoms with Gasteiger partial charge in [0.25, 0.3) is 0 Å². The van der Waals surface area contributed by atoms with Crippen LogP contribution in [-0.4, -0.2) is 51.4 Å². The molecule has 1 saturated heterocycles. The molecule has 3 heterocycles. The van der Waals surface area contributed by atoms with Gasteiger partial charge in [-0.3, -0.25) is 9.56 Å². The van der Waals surface area contributed by atoms with E-state index in [4.69, 9.17) is 4.99 Å². The maximum absolute atomic E-state index is 12.4. The monoisotopic (exact) mass is 374 g/mol. The number of likely N-dealkylation sites (tertiary alicyclic amines) is 1. The molecule has 0 bridgehead atoms. The summed E-state index contributed by atoms with van der Waals surface area (Å²) in [5.74, 6) is 2.01. The molecule has 0 unspecified atom stereocenters. The third kappa shape index (κ3) is 3.92. The number of hydrogen-bond acceptors (Lipinski definition) is 3. The number of rotatable bonds is 5. The minimum Gasteiger partial charge on any atom is -0.357 e. The van der Waals surface area contributed by atoms with E-state index in [1.807, 2.05) is 4.57 Å². The lowest BCUT2D eigenvalue weighted by molar-refractivity contribution is 0.309. The molecule has 0 atom stereocenters. The zero-order valence-electron chi connectivity index (χ0n) is 16.8. The van der Waals surface area contributed by atoms with E-state index in [0.29, 0.717) is 12.0 Å². The SMILES string of the molecule is CCNC(=NCCCn1nc2n(c1=O)CCCC2)N1CCC2(CCCC2)C1. The van der Waals surface area contributed by atoms with Crippen LogP contribution in [0.3, 0.4) is 0 Å². The summed E-state index contributed by atoms with van der Waals surface area (Å²) in [4.78, 5) is 19.7. The van der Waals surface area contributed by atoms with Crippen LogP contribution < -0.4 is 11.0 Å². The fourth-order valence-electron chi connectivity index (χ4n) is 5.07. The molecule has 1 N–H and O–H groups in total. The highest BCUT2D eigenvalue weighted by molar-refractivity contribution is 5.80. The molecule has 2 fully saturated rings. The van der Waals surface area contributed by atoms with Crippen LogP contribution in [0.5, 0.6) is 0 Å². The molecule has 27 heavy (non-hydrogen) atoms. The topological polar surface area (TPSA) is 67.5 Å². The van der Waals surface area contributed by atoms with Crippen LogP contribution >= 0.6 is 0 Å². The highest BCUT2D eigenvalue weighted by atomic mass is 16.2. The molecule has 0 amide bonds. The van der Waals surface area contributed by atoms with Gasteiger partial charge < -0.3 is 10.2 Å². The van der Waals surface area contributed by atoms with E-state index in [1.54, 1.807) is 4.68 Å². The Kier molecular flexibility index (Phi) is 5.55. The predicted molar refractivity (Wildman–Crippen MR) is 107 cm³/mol. The summed E-state index contributed by atoms with van der Waals surface area (Å²) in [7, 11) is 0. The predicted octanol–water partition coefficient (Wildman–Crippen LogP) is 2.00. The molecule has 1 aromatic heterocycles. The van der Waals surface area contributed by atoms with Crippen molar-refractivity contribution < 1.29 is 0 Å². The Morgan fingerprint density at radius 1 is 1.19 bits per heavy atom. The molecule has 4 rings (SSSR count). The number of guanidine groups is 1. The fraction of sp³-hybridized carbons (Fsp3) is 0.850. The normalized spacial score (nSPS) is 21.8. The van der Waals surface area contributed by atoms with E-state index < -0.39 is 0 Å². The van der Waals surface area contributed by atoms with Gasteiger partial charge in [0.05, 0.1) is 0 Å². The van der Waals surface area contributed by atoms with Gasteiger partial charge in [-0.05, 0) is 50.9 Å². The van der Waals surface area contributed by atoms with Crippen molar-refractivity contribution >= 4 is 5.96 Å². The summed E-state index contributed by atoms with van der Waals surface area (Å²) in [6.07, 6.45) is 10.9. The number of aryl methyl sites for hydroxylation is 2. The molecule has 0 radical (unpaired) electrons. The number of nitrogens with zero attached hydrogens (tertiary/aromatic N) is 5. The maximum Gasteiger partial charge on any atom is 0.345 e. The molecule has 1 spiro atoms. The lowest BCUT2D eigenvalue weighted by Crippen LogP contribution is -2.41. The first-order valence-electron chi connectivity index (χ1n) is 10.9. The quantitative estimate of drug-likeness (QED) is 0.486. The second kappa shape index (κ2) is 8.07. The molecular formula is C20H34N6O. The summed E-state index contributed by atoms with van der Waals surface area (Å²) in [6.45, 7) is 7.53. The Morgan fingerprint density at radius 3 is 2.81 bits per heavy atom. The van der Waals surface area contributed by atoms with E-state index in [1.165, 1.54) is 32.1 Å². The standard InChI is InChI=1S/C20H34N6O/c1-2-21-18(24-15-11-20(16-24)9-4-5-10-20)22-12-7-14-26-19(27)25-13-6-3-8-17(25)23-26/h2-16H2,1H3,(H,21,22). The van der Waals surface area contributed by atoms with Gasteiger partial charge >= 0.3 is 5.69 Å². The van der Waals surface area contributed by atoms with Gasteiger partial charge in [-0.2, -0.15) is 5.10 Å². The average molecular weight is 375 g/mol. The number of aromatic nitrogens is 3. The first-order valence-corrected chi connectivity index (χ1v) is 10.9. The molecule has 3 aliphatic rings. The van der Waals surface area contributed by atoms with E-state index in [0.717, 1.165) is 70.2 Å². The van der Waals surface area contributed by atoms with Crippen molar-refractivity contribution in [3.63, 3.8) is 0 Å². The van der Waals surface area contributed by atoms with Crippen LogP contribution in [0.4, 0.5) is 0 Å². The van der Waals surface area contributed by atoms with Crippen molar-refractivity contribution in [1.82, 2.24) is 24.6 Å². The molecular weight excluding hydrogens is 340 g/mol. The summed E-state index contributed by atoms with van der Waals surface area (Å²) < 4.78 is 3.49. The third-order valence-corrected chi connectivity index (χ3v) is 6.56. The van der Waals surface area contributed by atoms with Crippen molar-refractivity contribution in [1.29, 1.82) is 0 Å². The zero-order chi connectivity index (χ0) is 18.7. The van der Waals surface area contributed by atoms with E-state index >= 15 is 0 Å². The highest BCUT2D eigenvalue weighted by Gasteiger charge is 2.41. The Morgan fingerprint density at radius 2 is 2.04 bits per heavy atom. The van der Waals surface area contributed by atoms with Crippen LogP contribution in [0.1, 0.15) is 64.1 Å². The van der Waals surface area contributed by atoms with Crippen molar-refractivity contribution in [3.05, 3.63) is 16.3 Å². The average Bonchev–Trinajstić information content (AvgIpc) is 3.40. The summed E-state index contributed by atoms with van der Waals surface area (Å²) >= 11 is 0. The highest BCUT2D eigenvalue weighted by Crippen LogP contribution is 2.45. The van der Waals surface area contributed by atoms with Crippen LogP contribution in [0.15, 0.2) is 9.79 Å². The van der Waals surface area contributed by atoms with E-state index in [2.05, 4.69) is 22.2 Å². The van der Waals surface area contributed by atoms with Gasteiger partial charge in [-0.1, -0.05) is 12.8 Å². The molecule has 1 saturated carbocycles. The minimum absolute atomic E-state index is 0.0586. The lowest BCUT2D eigenvalue weighted by atomic mass is 9.86. The van der Waals surface area contributed by atoms with Crippen molar-refractivity contribution in [3.8, 4) is 0 Å². The largest absolute Gasteiger partial charge is 0.357 e. The van der Waals surface area contributed by atoms with Crippen LogP contribution in [0.2, 0.25) is 0 Å². The van der Waals surface area contributed by atoms with Crippen molar-refractivity contribution in [2.75, 3.05) is 26.2 Å². The number of fused-ring (bicyclic) bond motifs is 1. The van der Waals surface area contributed by atoms with Crippen LogP contribution in [0, 0.1) is 5.41 Å². The Balaban J connectivity index is 1.33. The van der Waals surface area contributed by atoms with Gasteiger partial charge in [0.2, 0.25) is 0 Å². The van der Waals surface area contributed by atoms with Crippen LogP contribution in [0.25, 0.3) is 0 Å². The third-order valence-electron chi connectivity index (χ3n) is 6.56. The van der Waals surface area contributed by atoms with Gasteiger partial charge in [0, 0.05) is 45.7 Å². The minimum atomic E-state index is 0.0586. The van der Waals surface area contributed by atoms with E-state index in [9.17, 15) is 4.79 Å². The molecule has 1 aromatic rings. The Labute approximate surface area is 161 Å². The zero-order valence-corrected chi connectivity index (χ0v) is 16.8. The van der Waals surface area contributed by atoms with Crippen molar-refractivity contribution in [2.45, 2.75) is 77.8 Å². The second-order valence-corrected chi connectivity index (χ2v) is 8.50.